The van der Waals surface area contributed by atoms with E-state index < -0.39 is 0 Å². The monoisotopic (exact) mass is 484 g/mol. The fourth-order valence-corrected chi connectivity index (χ4v) is 3.83. The van der Waals surface area contributed by atoms with Gasteiger partial charge < -0.3 is 9.84 Å². The third-order valence-electron chi connectivity index (χ3n) is 2.51. The lowest BCUT2D eigenvalue weighted by Gasteiger charge is -2.12. The molecule has 0 aliphatic carbocycles. The van der Waals surface area contributed by atoms with Crippen LogP contribution in [0.4, 0.5) is 4.39 Å². The van der Waals surface area contributed by atoms with Gasteiger partial charge >= 0.3 is 0 Å². The van der Waals surface area contributed by atoms with Crippen LogP contribution in [0.25, 0.3) is 0 Å². The zero-order valence-corrected chi connectivity index (χ0v) is 14.2. The molecule has 0 heterocycles. The molecule has 0 aliphatic rings. The van der Waals surface area contributed by atoms with Crippen molar-refractivity contribution < 1.29 is 14.2 Å². The van der Waals surface area contributed by atoms with E-state index in [4.69, 9.17) is 9.84 Å². The molecule has 0 bridgehead atoms. The van der Waals surface area contributed by atoms with Gasteiger partial charge in [0.25, 0.3) is 0 Å². The summed E-state index contributed by atoms with van der Waals surface area (Å²) in [7, 11) is 0. The number of halogens is 3. The van der Waals surface area contributed by atoms with Crippen LogP contribution in [-0.4, -0.2) is 5.11 Å². The maximum absolute atomic E-state index is 13.1. The topological polar surface area (TPSA) is 29.5 Å². The first-order valence-electron chi connectivity index (χ1n) is 5.56. The van der Waals surface area contributed by atoms with E-state index in [0.717, 1.165) is 24.0 Å². The Hall–Kier alpha value is -0.410. The molecular formula is C14H11FI2O2. The second-order valence-corrected chi connectivity index (χ2v) is 6.29. The largest absolute Gasteiger partial charge is 0.487 e. The molecule has 19 heavy (non-hydrogen) atoms. The number of hydrogen-bond acceptors (Lipinski definition) is 2. The summed E-state index contributed by atoms with van der Waals surface area (Å²) in [5.74, 6) is 0.504. The lowest BCUT2D eigenvalue weighted by atomic mass is 10.2. The van der Waals surface area contributed by atoms with Crippen LogP contribution in [0.3, 0.4) is 0 Å². The third kappa shape index (κ3) is 4.03. The van der Waals surface area contributed by atoms with Gasteiger partial charge in [0.2, 0.25) is 0 Å². The summed E-state index contributed by atoms with van der Waals surface area (Å²) in [6, 6.07) is 10.1. The number of hydrogen-bond donors (Lipinski definition) is 1. The summed E-state index contributed by atoms with van der Waals surface area (Å²) in [4.78, 5) is 0. The van der Waals surface area contributed by atoms with Crippen LogP contribution in [0.15, 0.2) is 36.4 Å². The van der Waals surface area contributed by atoms with Crippen molar-refractivity contribution in [2.75, 3.05) is 0 Å². The van der Waals surface area contributed by atoms with Gasteiger partial charge in [-0.15, -0.1) is 0 Å². The number of ether oxygens (including phenoxy) is 1. The summed E-state index contributed by atoms with van der Waals surface area (Å²) in [6.07, 6.45) is 0. The molecule has 2 rings (SSSR count). The maximum Gasteiger partial charge on any atom is 0.146 e. The van der Waals surface area contributed by atoms with E-state index in [0.29, 0.717) is 6.61 Å². The average molecular weight is 484 g/mol. The van der Waals surface area contributed by atoms with E-state index in [2.05, 4.69) is 45.2 Å². The average Bonchev–Trinajstić information content (AvgIpc) is 2.37. The quantitative estimate of drug-likeness (QED) is 0.663. The molecule has 1 N–H and O–H groups in total. The SMILES string of the molecule is OCc1cc(I)c(OCc2cccc(F)c2)c(I)c1. The van der Waals surface area contributed by atoms with Gasteiger partial charge in [-0.25, -0.2) is 4.39 Å². The number of aliphatic hydroxyl groups is 1. The molecule has 2 nitrogen and oxygen atoms in total. The molecule has 0 amide bonds. The second kappa shape index (κ2) is 6.85. The molecule has 0 saturated carbocycles. The Kier molecular flexibility index (Phi) is 5.40. The summed E-state index contributed by atoms with van der Waals surface area (Å²) in [5.41, 5.74) is 1.64. The minimum atomic E-state index is -0.263. The van der Waals surface area contributed by atoms with Crippen molar-refractivity contribution in [2.24, 2.45) is 0 Å². The lowest BCUT2D eigenvalue weighted by molar-refractivity contribution is 0.280. The first-order chi connectivity index (χ1) is 9.10. The summed E-state index contributed by atoms with van der Waals surface area (Å²) < 4.78 is 20.7. The Morgan fingerprint density at radius 1 is 1.05 bits per heavy atom. The number of rotatable bonds is 4. The lowest BCUT2D eigenvalue weighted by Crippen LogP contribution is -2.00. The Balaban J connectivity index is 2.16. The Bertz CT molecular complexity index is 564. The Labute approximate surface area is 138 Å². The fraction of sp³-hybridized carbons (Fsp3) is 0.143. The van der Waals surface area contributed by atoms with Crippen molar-refractivity contribution in [1.29, 1.82) is 0 Å². The van der Waals surface area contributed by atoms with Gasteiger partial charge in [-0.2, -0.15) is 0 Å². The maximum atomic E-state index is 13.1. The molecule has 0 aromatic heterocycles. The fourth-order valence-electron chi connectivity index (χ4n) is 1.62. The van der Waals surface area contributed by atoms with Crippen molar-refractivity contribution in [3.05, 3.63) is 60.5 Å². The van der Waals surface area contributed by atoms with E-state index in [9.17, 15) is 4.39 Å². The molecule has 0 atom stereocenters. The molecule has 0 unspecified atom stereocenters. The zero-order valence-electron chi connectivity index (χ0n) is 9.87. The van der Waals surface area contributed by atoms with Crippen molar-refractivity contribution in [3.63, 3.8) is 0 Å². The molecule has 0 spiro atoms. The Morgan fingerprint density at radius 3 is 2.32 bits per heavy atom. The molecule has 100 valence electrons. The third-order valence-corrected chi connectivity index (χ3v) is 4.12. The smallest absolute Gasteiger partial charge is 0.146 e. The van der Waals surface area contributed by atoms with Crippen molar-refractivity contribution >= 4 is 45.2 Å². The zero-order chi connectivity index (χ0) is 13.8. The van der Waals surface area contributed by atoms with Gasteiger partial charge in [0, 0.05) is 0 Å². The van der Waals surface area contributed by atoms with Gasteiger partial charge in [-0.1, -0.05) is 12.1 Å². The molecule has 5 heteroatoms. The van der Waals surface area contributed by atoms with Crippen molar-refractivity contribution in [3.8, 4) is 5.75 Å². The second-order valence-electron chi connectivity index (χ2n) is 3.97. The van der Waals surface area contributed by atoms with Crippen LogP contribution >= 0.6 is 45.2 Å². The number of benzene rings is 2. The van der Waals surface area contributed by atoms with E-state index in [1.807, 2.05) is 18.2 Å². The van der Waals surface area contributed by atoms with Crippen LogP contribution in [0.2, 0.25) is 0 Å². The molecule has 0 fully saturated rings. The standard InChI is InChI=1S/C14H11FI2O2/c15-11-3-1-2-9(4-11)8-19-14-12(16)5-10(7-18)6-13(14)17/h1-6,18H,7-8H2. The summed E-state index contributed by atoms with van der Waals surface area (Å²) in [5, 5.41) is 9.13. The van der Waals surface area contributed by atoms with Crippen molar-refractivity contribution in [2.45, 2.75) is 13.2 Å². The van der Waals surface area contributed by atoms with Crippen LogP contribution in [0.1, 0.15) is 11.1 Å². The van der Waals surface area contributed by atoms with E-state index >= 15 is 0 Å². The van der Waals surface area contributed by atoms with Crippen molar-refractivity contribution in [1.82, 2.24) is 0 Å². The van der Waals surface area contributed by atoms with Gasteiger partial charge in [-0.3, -0.25) is 0 Å². The highest BCUT2D eigenvalue weighted by Crippen LogP contribution is 2.29. The van der Waals surface area contributed by atoms with Crippen LogP contribution < -0.4 is 4.74 Å². The predicted molar refractivity (Wildman–Crippen MR) is 88.5 cm³/mol. The molecular weight excluding hydrogens is 473 g/mol. The van der Waals surface area contributed by atoms with Gasteiger partial charge in [-0.05, 0) is 80.6 Å². The van der Waals surface area contributed by atoms with Crippen LogP contribution in [-0.2, 0) is 13.2 Å². The minimum absolute atomic E-state index is 0.0101. The highest BCUT2D eigenvalue weighted by atomic mass is 127. The first kappa shape index (κ1) is 15.0. The predicted octanol–water partition coefficient (Wildman–Crippen LogP) is 4.11. The molecule has 0 radical (unpaired) electrons. The molecule has 0 saturated heterocycles. The van der Waals surface area contributed by atoms with Crippen LogP contribution in [0.5, 0.6) is 5.75 Å². The highest BCUT2D eigenvalue weighted by Gasteiger charge is 2.09. The molecule has 2 aromatic carbocycles. The summed E-state index contributed by atoms with van der Waals surface area (Å²) in [6.45, 7) is 0.332. The first-order valence-corrected chi connectivity index (χ1v) is 7.72. The van der Waals surface area contributed by atoms with Gasteiger partial charge in [0.05, 0.1) is 13.7 Å². The number of aliphatic hydroxyl groups excluding tert-OH is 1. The van der Waals surface area contributed by atoms with Crippen LogP contribution in [0, 0.1) is 13.0 Å². The molecule has 0 aliphatic heterocycles. The summed E-state index contributed by atoms with van der Waals surface area (Å²) >= 11 is 4.34. The van der Waals surface area contributed by atoms with Gasteiger partial charge in [0.1, 0.15) is 18.2 Å². The Morgan fingerprint density at radius 2 is 1.74 bits per heavy atom. The van der Waals surface area contributed by atoms with E-state index in [-0.39, 0.29) is 12.4 Å². The highest BCUT2D eigenvalue weighted by molar-refractivity contribution is 14.1. The minimum Gasteiger partial charge on any atom is -0.487 e. The van der Waals surface area contributed by atoms with E-state index in [1.165, 1.54) is 12.1 Å². The normalized spacial score (nSPS) is 10.5. The van der Waals surface area contributed by atoms with Gasteiger partial charge in [0.15, 0.2) is 0 Å². The van der Waals surface area contributed by atoms with E-state index in [1.54, 1.807) is 6.07 Å². The molecule has 2 aromatic rings.